The van der Waals surface area contributed by atoms with Crippen molar-refractivity contribution in [1.29, 1.82) is 0 Å². The van der Waals surface area contributed by atoms with E-state index in [2.05, 4.69) is 20.9 Å². The second-order valence-electron chi connectivity index (χ2n) is 7.17. The maximum atomic E-state index is 11.9. The molecule has 3 heterocycles. The number of anilines is 1. The minimum absolute atomic E-state index is 0.0743. The van der Waals surface area contributed by atoms with Crippen LogP contribution in [0.2, 0.25) is 0 Å². The molecule has 5 atom stereocenters. The largest absolute Gasteiger partial charge is 0.388 e. The highest BCUT2D eigenvalue weighted by Crippen LogP contribution is 2.35. The molecule has 0 spiro atoms. The van der Waals surface area contributed by atoms with Gasteiger partial charge in [0.05, 0.1) is 30.5 Å². The molecule has 0 radical (unpaired) electrons. The van der Waals surface area contributed by atoms with Gasteiger partial charge < -0.3 is 30.5 Å². The third-order valence-electron chi connectivity index (χ3n) is 4.52. The molecule has 0 unspecified atom stereocenters. The van der Waals surface area contributed by atoms with Crippen LogP contribution in [0.5, 0.6) is 0 Å². The maximum Gasteiger partial charge on any atom is 0.319 e. The maximum absolute atomic E-state index is 11.9. The molecule has 0 aliphatic carbocycles. The Hall–Kier alpha value is -2.23. The number of aromatic nitrogens is 1. The van der Waals surface area contributed by atoms with Crippen molar-refractivity contribution in [2.75, 3.05) is 11.9 Å². The number of nitrogens with zero attached hydrogens (tertiary/aromatic N) is 1. The number of carbonyl (C=O) groups is 2. The van der Waals surface area contributed by atoms with Gasteiger partial charge in [-0.25, -0.2) is 4.79 Å². The number of fused-ring (bicyclic) bond motifs is 1. The average molecular weight is 378 g/mol. The lowest BCUT2D eigenvalue weighted by Crippen LogP contribution is -2.42. The van der Waals surface area contributed by atoms with E-state index in [1.165, 1.54) is 6.20 Å². The summed E-state index contributed by atoms with van der Waals surface area (Å²) in [4.78, 5) is 27.7. The van der Waals surface area contributed by atoms with Gasteiger partial charge in [-0.3, -0.25) is 9.78 Å². The summed E-state index contributed by atoms with van der Waals surface area (Å²) in [6.07, 6.45) is 1.52. The fourth-order valence-electron chi connectivity index (χ4n) is 3.40. The van der Waals surface area contributed by atoms with Crippen molar-refractivity contribution < 1.29 is 24.2 Å². The van der Waals surface area contributed by atoms with E-state index in [9.17, 15) is 14.7 Å². The van der Waals surface area contributed by atoms with Gasteiger partial charge in [-0.05, 0) is 26.0 Å². The highest BCUT2D eigenvalue weighted by molar-refractivity contribution is 5.88. The lowest BCUT2D eigenvalue weighted by molar-refractivity contribution is -0.125. The summed E-state index contributed by atoms with van der Waals surface area (Å²) in [5, 5.41) is 18.6. The van der Waals surface area contributed by atoms with Gasteiger partial charge in [0.2, 0.25) is 5.91 Å². The Balaban J connectivity index is 1.42. The topological polar surface area (TPSA) is 122 Å². The molecule has 148 valence electrons. The van der Waals surface area contributed by atoms with Gasteiger partial charge in [0.15, 0.2) is 0 Å². The summed E-state index contributed by atoms with van der Waals surface area (Å²) in [6.45, 7) is 3.95. The number of nitrogens with one attached hydrogen (secondary N) is 3. The average Bonchev–Trinajstić information content (AvgIpc) is 3.12. The number of hydrogen-bond acceptors (Lipinski definition) is 6. The number of urea groups is 1. The lowest BCUT2D eigenvalue weighted by atomic mass is 10.1. The number of ether oxygens (including phenoxy) is 2. The van der Waals surface area contributed by atoms with Crippen LogP contribution >= 0.6 is 0 Å². The number of pyridine rings is 1. The van der Waals surface area contributed by atoms with E-state index >= 15 is 0 Å². The molecule has 3 rings (SSSR count). The van der Waals surface area contributed by atoms with Gasteiger partial charge in [0.25, 0.3) is 0 Å². The first-order chi connectivity index (χ1) is 12.9. The highest BCUT2D eigenvalue weighted by atomic mass is 16.6. The summed E-state index contributed by atoms with van der Waals surface area (Å²) in [5.74, 6) is -0.0743. The zero-order valence-electron chi connectivity index (χ0n) is 15.4. The molecule has 0 bridgehead atoms. The van der Waals surface area contributed by atoms with Crippen molar-refractivity contribution >= 4 is 17.6 Å². The Labute approximate surface area is 157 Å². The van der Waals surface area contributed by atoms with Gasteiger partial charge in [0, 0.05) is 25.2 Å². The minimum Gasteiger partial charge on any atom is -0.388 e. The van der Waals surface area contributed by atoms with E-state index in [0.29, 0.717) is 12.1 Å². The van der Waals surface area contributed by atoms with Crippen molar-refractivity contribution in [2.24, 2.45) is 0 Å². The summed E-state index contributed by atoms with van der Waals surface area (Å²) >= 11 is 0. The second kappa shape index (κ2) is 8.64. The van der Waals surface area contributed by atoms with Crippen LogP contribution in [-0.4, -0.2) is 65.1 Å². The molecular formula is C18H26N4O5. The fraction of sp³-hybridized carbons (Fsp3) is 0.611. The zero-order valence-corrected chi connectivity index (χ0v) is 15.4. The van der Waals surface area contributed by atoms with Crippen LogP contribution < -0.4 is 16.0 Å². The number of carbonyl (C=O) groups excluding carboxylic acids is 2. The Bertz CT molecular complexity index is 656. The lowest BCUT2D eigenvalue weighted by Gasteiger charge is -2.20. The van der Waals surface area contributed by atoms with E-state index in [1.54, 1.807) is 18.3 Å². The molecule has 2 aliphatic heterocycles. The molecule has 2 fully saturated rings. The molecule has 3 amide bonds. The molecule has 2 aliphatic rings. The normalized spacial score (nSPS) is 29.4. The van der Waals surface area contributed by atoms with Crippen molar-refractivity contribution in [3.05, 3.63) is 24.5 Å². The number of amides is 3. The van der Waals surface area contributed by atoms with Gasteiger partial charge in [-0.15, -0.1) is 0 Å². The molecular weight excluding hydrogens is 352 g/mol. The summed E-state index contributed by atoms with van der Waals surface area (Å²) in [6, 6.07) is 3.12. The van der Waals surface area contributed by atoms with E-state index in [0.717, 1.165) is 0 Å². The van der Waals surface area contributed by atoms with Crippen molar-refractivity contribution in [3.63, 3.8) is 0 Å². The van der Waals surface area contributed by atoms with Crippen molar-refractivity contribution in [3.8, 4) is 0 Å². The van der Waals surface area contributed by atoms with Gasteiger partial charge >= 0.3 is 6.03 Å². The third kappa shape index (κ3) is 5.15. The number of aliphatic hydroxyl groups excluding tert-OH is 1. The van der Waals surface area contributed by atoms with Crippen molar-refractivity contribution in [2.45, 2.75) is 63.3 Å². The van der Waals surface area contributed by atoms with E-state index in [4.69, 9.17) is 9.47 Å². The minimum atomic E-state index is -0.855. The van der Waals surface area contributed by atoms with Crippen LogP contribution in [0.1, 0.15) is 26.7 Å². The quantitative estimate of drug-likeness (QED) is 0.569. The second-order valence-corrected chi connectivity index (χ2v) is 7.17. The fourth-order valence-corrected chi connectivity index (χ4v) is 3.40. The Kier molecular flexibility index (Phi) is 6.25. The van der Waals surface area contributed by atoms with Crippen LogP contribution in [0.15, 0.2) is 24.5 Å². The first-order valence-electron chi connectivity index (χ1n) is 9.15. The first kappa shape index (κ1) is 19.5. The molecule has 2 saturated heterocycles. The van der Waals surface area contributed by atoms with E-state index in [-0.39, 0.29) is 37.1 Å². The van der Waals surface area contributed by atoms with Gasteiger partial charge in [-0.1, -0.05) is 0 Å². The Morgan fingerprint density at radius 2 is 2.19 bits per heavy atom. The first-order valence-corrected chi connectivity index (χ1v) is 9.15. The van der Waals surface area contributed by atoms with Crippen LogP contribution in [0.25, 0.3) is 0 Å². The number of hydrogen-bond donors (Lipinski definition) is 4. The molecule has 27 heavy (non-hydrogen) atoms. The van der Waals surface area contributed by atoms with Crippen LogP contribution in [0, 0.1) is 0 Å². The molecule has 1 aromatic heterocycles. The SMILES string of the molecule is CC(C)NC(=O)C[C@@H]1C[C@H]2O[C@H](CNC(=O)Nc3cccnc3)[C@@H](O)[C@H]2O1. The molecule has 0 saturated carbocycles. The molecule has 9 nitrogen and oxygen atoms in total. The van der Waals surface area contributed by atoms with E-state index in [1.807, 2.05) is 13.8 Å². The van der Waals surface area contributed by atoms with Crippen molar-refractivity contribution in [1.82, 2.24) is 15.6 Å². The summed E-state index contributed by atoms with van der Waals surface area (Å²) in [5.41, 5.74) is 0.575. The molecule has 0 aromatic carbocycles. The predicted octanol–water partition coefficient (Wildman–Crippen LogP) is 0.404. The van der Waals surface area contributed by atoms with Gasteiger partial charge in [-0.2, -0.15) is 0 Å². The number of rotatable bonds is 6. The summed E-state index contributed by atoms with van der Waals surface area (Å²) in [7, 11) is 0. The smallest absolute Gasteiger partial charge is 0.319 e. The Morgan fingerprint density at radius 3 is 2.85 bits per heavy atom. The summed E-state index contributed by atoms with van der Waals surface area (Å²) < 4.78 is 11.6. The highest BCUT2D eigenvalue weighted by Gasteiger charge is 2.50. The monoisotopic (exact) mass is 378 g/mol. The van der Waals surface area contributed by atoms with Gasteiger partial charge in [0.1, 0.15) is 18.3 Å². The van der Waals surface area contributed by atoms with E-state index < -0.39 is 24.3 Å². The molecule has 9 heteroatoms. The molecule has 4 N–H and O–H groups in total. The Morgan fingerprint density at radius 1 is 1.37 bits per heavy atom. The zero-order chi connectivity index (χ0) is 19.4. The van der Waals surface area contributed by atoms with Crippen LogP contribution in [0.4, 0.5) is 10.5 Å². The van der Waals surface area contributed by atoms with Crippen LogP contribution in [-0.2, 0) is 14.3 Å². The third-order valence-corrected chi connectivity index (χ3v) is 4.52. The van der Waals surface area contributed by atoms with Crippen LogP contribution in [0.3, 0.4) is 0 Å². The standard InChI is InChI=1S/C18H26N4O5/c1-10(2)21-15(23)7-12-6-13-17(26-12)16(24)14(27-13)9-20-18(25)22-11-4-3-5-19-8-11/h3-5,8,10,12-14,16-17,24H,6-7,9H2,1-2H3,(H,21,23)(H2,20,22,25)/t12-,13+,14+,16+,17-/m0/s1. The molecule has 1 aromatic rings. The number of aliphatic hydroxyl groups is 1. The predicted molar refractivity (Wildman–Crippen MR) is 97.1 cm³/mol.